The van der Waals surface area contributed by atoms with E-state index in [0.29, 0.717) is 22.3 Å². The van der Waals surface area contributed by atoms with Crippen molar-refractivity contribution < 1.29 is 4.79 Å². The number of hydrogen-bond donors (Lipinski definition) is 0. The molecular weight excluding hydrogens is 331 g/mol. The first-order valence-electron chi connectivity index (χ1n) is 7.09. The molecule has 0 radical (unpaired) electrons. The maximum Gasteiger partial charge on any atom is 0.253 e. The molecule has 0 atom stereocenters. The van der Waals surface area contributed by atoms with Crippen LogP contribution >= 0.6 is 23.2 Å². The van der Waals surface area contributed by atoms with Crippen molar-refractivity contribution in [2.24, 2.45) is 0 Å². The number of fused-ring (bicyclic) bond motifs is 1. The Morgan fingerprint density at radius 3 is 2.52 bits per heavy atom. The summed E-state index contributed by atoms with van der Waals surface area (Å²) in [6, 6.07) is 16.5. The first-order valence-corrected chi connectivity index (χ1v) is 7.85. The quantitative estimate of drug-likeness (QED) is 0.638. The largest absolute Gasteiger partial charge is 0.337 e. The van der Waals surface area contributed by atoms with Crippen molar-refractivity contribution in [2.45, 2.75) is 6.54 Å². The zero-order valence-electron chi connectivity index (χ0n) is 12.5. The molecule has 0 fully saturated rings. The first-order chi connectivity index (χ1) is 11.0. The molecule has 0 aliphatic heterocycles. The SMILES string of the molecule is CN(Cc1ccc(Cl)cc1)C(=O)c1ccc2nc(Cl)ccc2c1. The van der Waals surface area contributed by atoms with Crippen LogP contribution < -0.4 is 0 Å². The van der Waals surface area contributed by atoms with Crippen molar-refractivity contribution in [3.8, 4) is 0 Å². The van der Waals surface area contributed by atoms with Crippen LogP contribution in [0.4, 0.5) is 0 Å². The summed E-state index contributed by atoms with van der Waals surface area (Å²) in [6.45, 7) is 0.521. The van der Waals surface area contributed by atoms with Gasteiger partial charge in [-0.1, -0.05) is 35.3 Å². The number of carbonyl (C=O) groups excluding carboxylic acids is 1. The van der Waals surface area contributed by atoms with E-state index in [-0.39, 0.29) is 5.91 Å². The zero-order chi connectivity index (χ0) is 16.4. The number of pyridine rings is 1. The molecule has 3 rings (SSSR count). The lowest BCUT2D eigenvalue weighted by Gasteiger charge is -2.17. The normalized spacial score (nSPS) is 10.7. The Morgan fingerprint density at radius 1 is 1.04 bits per heavy atom. The number of hydrogen-bond acceptors (Lipinski definition) is 2. The maximum absolute atomic E-state index is 12.6. The van der Waals surface area contributed by atoms with Gasteiger partial charge in [0.2, 0.25) is 0 Å². The van der Waals surface area contributed by atoms with E-state index < -0.39 is 0 Å². The molecule has 2 aromatic carbocycles. The van der Waals surface area contributed by atoms with E-state index in [2.05, 4.69) is 4.98 Å². The molecule has 0 bridgehead atoms. The lowest BCUT2D eigenvalue weighted by molar-refractivity contribution is 0.0785. The first kappa shape index (κ1) is 15.8. The van der Waals surface area contributed by atoms with Crippen molar-refractivity contribution in [2.75, 3.05) is 7.05 Å². The molecule has 1 amide bonds. The third kappa shape index (κ3) is 3.63. The van der Waals surface area contributed by atoms with Crippen LogP contribution in [0.25, 0.3) is 10.9 Å². The Kier molecular flexibility index (Phi) is 4.51. The minimum Gasteiger partial charge on any atom is -0.337 e. The van der Waals surface area contributed by atoms with Crippen molar-refractivity contribution in [1.29, 1.82) is 0 Å². The molecule has 23 heavy (non-hydrogen) atoms. The third-order valence-electron chi connectivity index (χ3n) is 3.58. The van der Waals surface area contributed by atoms with Gasteiger partial charge in [-0.15, -0.1) is 0 Å². The molecule has 0 spiro atoms. The van der Waals surface area contributed by atoms with Crippen LogP contribution in [0.15, 0.2) is 54.6 Å². The molecule has 3 nitrogen and oxygen atoms in total. The highest BCUT2D eigenvalue weighted by Crippen LogP contribution is 2.19. The Bertz CT molecular complexity index is 863. The fourth-order valence-corrected chi connectivity index (χ4v) is 2.67. The summed E-state index contributed by atoms with van der Waals surface area (Å²) in [4.78, 5) is 18.5. The van der Waals surface area contributed by atoms with E-state index >= 15 is 0 Å². The monoisotopic (exact) mass is 344 g/mol. The fourth-order valence-electron chi connectivity index (χ4n) is 2.39. The lowest BCUT2D eigenvalue weighted by atomic mass is 10.1. The number of amides is 1. The van der Waals surface area contributed by atoms with Crippen molar-refractivity contribution in [3.63, 3.8) is 0 Å². The predicted octanol–water partition coefficient (Wildman–Crippen LogP) is 4.81. The number of rotatable bonds is 3. The average molecular weight is 345 g/mol. The summed E-state index contributed by atoms with van der Waals surface area (Å²) < 4.78 is 0. The lowest BCUT2D eigenvalue weighted by Crippen LogP contribution is -2.26. The Morgan fingerprint density at radius 2 is 1.78 bits per heavy atom. The summed E-state index contributed by atoms with van der Waals surface area (Å²) in [6.07, 6.45) is 0. The Labute approximate surface area is 144 Å². The molecule has 0 aliphatic carbocycles. The minimum absolute atomic E-state index is 0.0446. The van der Waals surface area contributed by atoms with Gasteiger partial charge < -0.3 is 4.90 Å². The molecule has 0 aliphatic rings. The second-order valence-corrected chi connectivity index (χ2v) is 6.15. The van der Waals surface area contributed by atoms with Gasteiger partial charge in [-0.3, -0.25) is 4.79 Å². The summed E-state index contributed by atoms with van der Waals surface area (Å²) >= 11 is 11.8. The molecule has 1 aromatic heterocycles. The molecule has 116 valence electrons. The van der Waals surface area contributed by atoms with Crippen LogP contribution in [0.3, 0.4) is 0 Å². The molecular formula is C18H14Cl2N2O. The molecule has 0 unspecified atom stereocenters. The van der Waals surface area contributed by atoms with E-state index in [1.165, 1.54) is 0 Å². The molecule has 0 saturated heterocycles. The third-order valence-corrected chi connectivity index (χ3v) is 4.04. The van der Waals surface area contributed by atoms with Gasteiger partial charge in [0.15, 0.2) is 0 Å². The van der Waals surface area contributed by atoms with Gasteiger partial charge in [0, 0.05) is 29.6 Å². The van der Waals surface area contributed by atoms with Gasteiger partial charge in [0.05, 0.1) is 5.52 Å². The highest BCUT2D eigenvalue weighted by atomic mass is 35.5. The maximum atomic E-state index is 12.6. The van der Waals surface area contributed by atoms with Crippen LogP contribution in [-0.2, 0) is 6.54 Å². The molecule has 0 N–H and O–H groups in total. The van der Waals surface area contributed by atoms with E-state index in [0.717, 1.165) is 16.5 Å². The average Bonchev–Trinajstić information content (AvgIpc) is 2.55. The summed E-state index contributed by atoms with van der Waals surface area (Å²) in [5.41, 5.74) is 2.42. The van der Waals surface area contributed by atoms with Crippen LogP contribution in [0, 0.1) is 0 Å². The smallest absolute Gasteiger partial charge is 0.253 e. The van der Waals surface area contributed by atoms with Gasteiger partial charge in [-0.2, -0.15) is 0 Å². The standard InChI is InChI=1S/C18H14Cl2N2O/c1-22(11-12-2-6-15(19)7-3-12)18(23)14-4-8-16-13(10-14)5-9-17(20)21-16/h2-10H,11H2,1H3. The summed E-state index contributed by atoms with van der Waals surface area (Å²) in [7, 11) is 1.78. The highest BCUT2D eigenvalue weighted by molar-refractivity contribution is 6.30. The van der Waals surface area contributed by atoms with Gasteiger partial charge in [0.1, 0.15) is 5.15 Å². The number of benzene rings is 2. The van der Waals surface area contributed by atoms with Crippen molar-refractivity contribution in [1.82, 2.24) is 9.88 Å². The number of nitrogens with zero attached hydrogens (tertiary/aromatic N) is 2. The topological polar surface area (TPSA) is 33.2 Å². The molecule has 3 aromatic rings. The van der Waals surface area contributed by atoms with Gasteiger partial charge in [-0.25, -0.2) is 4.98 Å². The summed E-state index contributed by atoms with van der Waals surface area (Å²) in [5, 5.41) is 2.01. The van der Waals surface area contributed by atoms with Gasteiger partial charge in [-0.05, 0) is 48.0 Å². The molecule has 1 heterocycles. The minimum atomic E-state index is -0.0446. The second-order valence-electron chi connectivity index (χ2n) is 5.33. The summed E-state index contributed by atoms with van der Waals surface area (Å²) in [5.74, 6) is -0.0446. The van der Waals surface area contributed by atoms with E-state index in [1.807, 2.05) is 42.5 Å². The Balaban J connectivity index is 1.81. The predicted molar refractivity (Wildman–Crippen MR) is 94.0 cm³/mol. The molecule has 5 heteroatoms. The fraction of sp³-hybridized carbons (Fsp3) is 0.111. The van der Waals surface area contributed by atoms with Crippen LogP contribution in [-0.4, -0.2) is 22.8 Å². The number of halogens is 2. The number of carbonyl (C=O) groups is 1. The second kappa shape index (κ2) is 6.57. The van der Waals surface area contributed by atoms with Crippen molar-refractivity contribution in [3.05, 3.63) is 75.9 Å². The van der Waals surface area contributed by atoms with Crippen molar-refractivity contribution >= 4 is 40.0 Å². The Hall–Kier alpha value is -2.10. The van der Waals surface area contributed by atoms with Gasteiger partial charge >= 0.3 is 0 Å². The van der Waals surface area contributed by atoms with E-state index in [1.54, 1.807) is 24.1 Å². The highest BCUT2D eigenvalue weighted by Gasteiger charge is 2.13. The number of aromatic nitrogens is 1. The van der Waals surface area contributed by atoms with Crippen LogP contribution in [0.5, 0.6) is 0 Å². The van der Waals surface area contributed by atoms with E-state index in [9.17, 15) is 4.79 Å². The van der Waals surface area contributed by atoms with Gasteiger partial charge in [0.25, 0.3) is 5.91 Å². The van der Waals surface area contributed by atoms with Crippen LogP contribution in [0.1, 0.15) is 15.9 Å². The van der Waals surface area contributed by atoms with Crippen LogP contribution in [0.2, 0.25) is 10.2 Å². The van der Waals surface area contributed by atoms with E-state index in [4.69, 9.17) is 23.2 Å². The molecule has 0 saturated carbocycles. The zero-order valence-corrected chi connectivity index (χ0v) is 14.0.